The summed E-state index contributed by atoms with van der Waals surface area (Å²) in [6, 6.07) is 5.41. The fraction of sp³-hybridized carbons (Fsp3) is 0.417. The van der Waals surface area contributed by atoms with Gasteiger partial charge in [-0.3, -0.25) is 0 Å². The van der Waals surface area contributed by atoms with Crippen molar-refractivity contribution in [2.75, 3.05) is 20.8 Å². The molecule has 0 amide bonds. The fourth-order valence-corrected chi connectivity index (χ4v) is 2.09. The average Bonchev–Trinajstić information content (AvgIpc) is 2.36. The SMILES string of the molecule is COC(=O)C1NCCc2cccc(OC)c21. The van der Waals surface area contributed by atoms with Gasteiger partial charge in [0.05, 0.1) is 14.2 Å². The summed E-state index contributed by atoms with van der Waals surface area (Å²) < 4.78 is 10.1. The third-order valence-corrected chi connectivity index (χ3v) is 2.84. The standard InChI is InChI=1S/C12H15NO3/c1-15-9-5-3-4-8-6-7-13-11(10(8)9)12(14)16-2/h3-5,11,13H,6-7H2,1-2H3. The zero-order chi connectivity index (χ0) is 11.5. The van der Waals surface area contributed by atoms with Crippen LogP contribution in [0.2, 0.25) is 0 Å². The van der Waals surface area contributed by atoms with Crippen LogP contribution in [0.1, 0.15) is 17.2 Å². The molecule has 16 heavy (non-hydrogen) atoms. The minimum absolute atomic E-state index is 0.273. The van der Waals surface area contributed by atoms with Gasteiger partial charge < -0.3 is 14.8 Å². The normalized spacial score (nSPS) is 18.8. The van der Waals surface area contributed by atoms with E-state index in [-0.39, 0.29) is 5.97 Å². The summed E-state index contributed by atoms with van der Waals surface area (Å²) >= 11 is 0. The van der Waals surface area contributed by atoms with E-state index in [1.807, 2.05) is 18.2 Å². The molecule has 1 aliphatic rings. The molecule has 1 N–H and O–H groups in total. The Labute approximate surface area is 94.6 Å². The van der Waals surface area contributed by atoms with Crippen LogP contribution < -0.4 is 10.1 Å². The molecule has 1 atom stereocenters. The number of hydrogen-bond acceptors (Lipinski definition) is 4. The third-order valence-electron chi connectivity index (χ3n) is 2.84. The van der Waals surface area contributed by atoms with E-state index in [1.54, 1.807) is 7.11 Å². The largest absolute Gasteiger partial charge is 0.496 e. The molecule has 1 aliphatic heterocycles. The zero-order valence-electron chi connectivity index (χ0n) is 9.45. The Kier molecular flexibility index (Phi) is 3.10. The minimum atomic E-state index is -0.412. The number of fused-ring (bicyclic) bond motifs is 1. The van der Waals surface area contributed by atoms with Gasteiger partial charge in [-0.1, -0.05) is 12.1 Å². The highest BCUT2D eigenvalue weighted by molar-refractivity contribution is 5.79. The predicted octanol–water partition coefficient (Wildman–Crippen LogP) is 1.05. The van der Waals surface area contributed by atoms with Crippen molar-refractivity contribution in [3.63, 3.8) is 0 Å². The molecule has 0 aromatic heterocycles. The van der Waals surface area contributed by atoms with E-state index in [0.717, 1.165) is 29.8 Å². The van der Waals surface area contributed by atoms with Gasteiger partial charge in [-0.05, 0) is 18.1 Å². The molecule has 1 heterocycles. The van der Waals surface area contributed by atoms with Crippen molar-refractivity contribution in [1.82, 2.24) is 5.32 Å². The Morgan fingerprint density at radius 3 is 2.94 bits per heavy atom. The second-order valence-electron chi connectivity index (χ2n) is 3.69. The van der Waals surface area contributed by atoms with Crippen LogP contribution >= 0.6 is 0 Å². The lowest BCUT2D eigenvalue weighted by Gasteiger charge is -2.26. The number of ether oxygens (including phenoxy) is 2. The molecule has 1 aromatic carbocycles. The van der Waals surface area contributed by atoms with Crippen LogP contribution in [-0.2, 0) is 16.0 Å². The van der Waals surface area contributed by atoms with Gasteiger partial charge >= 0.3 is 5.97 Å². The van der Waals surface area contributed by atoms with E-state index >= 15 is 0 Å². The number of esters is 1. The smallest absolute Gasteiger partial charge is 0.327 e. The van der Waals surface area contributed by atoms with E-state index in [2.05, 4.69) is 5.32 Å². The Morgan fingerprint density at radius 1 is 1.44 bits per heavy atom. The second-order valence-corrected chi connectivity index (χ2v) is 3.69. The number of benzene rings is 1. The molecule has 0 radical (unpaired) electrons. The van der Waals surface area contributed by atoms with Gasteiger partial charge in [-0.2, -0.15) is 0 Å². The van der Waals surface area contributed by atoms with Crippen molar-refractivity contribution < 1.29 is 14.3 Å². The van der Waals surface area contributed by atoms with Crippen LogP contribution in [0.25, 0.3) is 0 Å². The quantitative estimate of drug-likeness (QED) is 0.758. The molecule has 0 saturated carbocycles. The monoisotopic (exact) mass is 221 g/mol. The number of rotatable bonds is 2. The van der Waals surface area contributed by atoms with E-state index in [4.69, 9.17) is 9.47 Å². The maximum atomic E-state index is 11.7. The summed E-state index contributed by atoms with van der Waals surface area (Å²) in [6.45, 7) is 0.778. The van der Waals surface area contributed by atoms with Crippen LogP contribution in [0.3, 0.4) is 0 Å². The topological polar surface area (TPSA) is 47.6 Å². The van der Waals surface area contributed by atoms with Crippen molar-refractivity contribution in [3.8, 4) is 5.75 Å². The van der Waals surface area contributed by atoms with Gasteiger partial charge in [0, 0.05) is 12.1 Å². The Bertz CT molecular complexity index is 389. The average molecular weight is 221 g/mol. The van der Waals surface area contributed by atoms with Crippen LogP contribution in [0.4, 0.5) is 0 Å². The Hall–Kier alpha value is -1.55. The van der Waals surface area contributed by atoms with Crippen molar-refractivity contribution in [3.05, 3.63) is 29.3 Å². The molecule has 1 unspecified atom stereocenters. The number of hydrogen-bond donors (Lipinski definition) is 1. The molecule has 0 spiro atoms. The van der Waals surface area contributed by atoms with Gasteiger partial charge in [0.2, 0.25) is 0 Å². The van der Waals surface area contributed by atoms with Crippen LogP contribution in [0, 0.1) is 0 Å². The maximum absolute atomic E-state index is 11.7. The third kappa shape index (κ3) is 1.76. The van der Waals surface area contributed by atoms with Crippen molar-refractivity contribution in [1.29, 1.82) is 0 Å². The summed E-state index contributed by atoms with van der Waals surface area (Å²) in [6.07, 6.45) is 0.903. The lowest BCUT2D eigenvalue weighted by atomic mass is 9.93. The molecule has 86 valence electrons. The fourth-order valence-electron chi connectivity index (χ4n) is 2.09. The van der Waals surface area contributed by atoms with E-state index < -0.39 is 6.04 Å². The molecule has 1 aromatic rings. The summed E-state index contributed by atoms with van der Waals surface area (Å²) in [7, 11) is 3.01. The first-order chi connectivity index (χ1) is 7.77. The highest BCUT2D eigenvalue weighted by atomic mass is 16.5. The maximum Gasteiger partial charge on any atom is 0.327 e. The van der Waals surface area contributed by atoms with E-state index in [9.17, 15) is 4.79 Å². The van der Waals surface area contributed by atoms with Gasteiger partial charge in [0.1, 0.15) is 11.8 Å². The number of carbonyl (C=O) groups excluding carboxylic acids is 1. The first-order valence-corrected chi connectivity index (χ1v) is 5.25. The van der Waals surface area contributed by atoms with Gasteiger partial charge in [0.15, 0.2) is 0 Å². The van der Waals surface area contributed by atoms with Crippen LogP contribution in [0.15, 0.2) is 18.2 Å². The van der Waals surface area contributed by atoms with Crippen LogP contribution in [0.5, 0.6) is 5.75 Å². The molecule has 4 heteroatoms. The Balaban J connectivity index is 2.46. The van der Waals surface area contributed by atoms with Crippen LogP contribution in [-0.4, -0.2) is 26.7 Å². The molecule has 0 fully saturated rings. The predicted molar refractivity (Wildman–Crippen MR) is 59.5 cm³/mol. The summed E-state index contributed by atoms with van der Waals surface area (Å²) in [5.74, 6) is 0.463. The highest BCUT2D eigenvalue weighted by Gasteiger charge is 2.29. The molecule has 4 nitrogen and oxygen atoms in total. The molecule has 0 aliphatic carbocycles. The number of nitrogens with one attached hydrogen (secondary N) is 1. The van der Waals surface area contributed by atoms with Gasteiger partial charge in [-0.15, -0.1) is 0 Å². The van der Waals surface area contributed by atoms with Crippen molar-refractivity contribution in [2.45, 2.75) is 12.5 Å². The number of methoxy groups -OCH3 is 2. The lowest BCUT2D eigenvalue weighted by molar-refractivity contribution is -0.143. The summed E-state index contributed by atoms with van der Waals surface area (Å²) in [5, 5.41) is 3.15. The van der Waals surface area contributed by atoms with Gasteiger partial charge in [-0.25, -0.2) is 4.79 Å². The first kappa shape index (κ1) is 11.0. The van der Waals surface area contributed by atoms with Crippen molar-refractivity contribution in [2.24, 2.45) is 0 Å². The highest BCUT2D eigenvalue weighted by Crippen LogP contribution is 2.32. The molecule has 2 rings (SSSR count). The molecular formula is C12H15NO3. The molecule has 0 saturated heterocycles. The zero-order valence-corrected chi connectivity index (χ0v) is 9.45. The van der Waals surface area contributed by atoms with E-state index in [0.29, 0.717) is 0 Å². The number of carbonyl (C=O) groups is 1. The summed E-state index contributed by atoms with van der Waals surface area (Å²) in [5.41, 5.74) is 2.05. The summed E-state index contributed by atoms with van der Waals surface area (Å²) in [4.78, 5) is 11.7. The van der Waals surface area contributed by atoms with Crippen molar-refractivity contribution >= 4 is 5.97 Å². The Morgan fingerprint density at radius 2 is 2.25 bits per heavy atom. The van der Waals surface area contributed by atoms with Gasteiger partial charge in [0.25, 0.3) is 0 Å². The lowest BCUT2D eigenvalue weighted by Crippen LogP contribution is -2.36. The second kappa shape index (κ2) is 4.53. The molecule has 0 bridgehead atoms. The van der Waals surface area contributed by atoms with E-state index in [1.165, 1.54) is 7.11 Å². The first-order valence-electron chi connectivity index (χ1n) is 5.25. The molecular weight excluding hydrogens is 206 g/mol. The minimum Gasteiger partial charge on any atom is -0.496 e.